The molecule has 2 unspecified atom stereocenters. The van der Waals surface area contributed by atoms with E-state index in [9.17, 15) is 18.8 Å². The van der Waals surface area contributed by atoms with E-state index in [1.807, 2.05) is 0 Å². The minimum Gasteiger partial charge on any atom is -0.347 e. The van der Waals surface area contributed by atoms with E-state index in [-0.39, 0.29) is 29.7 Å². The molecule has 0 aliphatic heterocycles. The number of amides is 1. The topological polar surface area (TPSA) is 63.2 Å². The van der Waals surface area contributed by atoms with E-state index in [0.717, 1.165) is 12.8 Å². The fraction of sp³-hybridized carbons (Fsp3) is 0.471. The van der Waals surface area contributed by atoms with Gasteiger partial charge in [-0.05, 0) is 43.4 Å². The summed E-state index contributed by atoms with van der Waals surface area (Å²) in [4.78, 5) is 36.3. The normalized spacial score (nSPS) is 23.8. The van der Waals surface area contributed by atoms with Crippen LogP contribution in [0.1, 0.15) is 31.2 Å². The van der Waals surface area contributed by atoms with Crippen molar-refractivity contribution in [2.45, 2.75) is 38.1 Å². The number of hydrogen-bond donors (Lipinski definition) is 1. The summed E-state index contributed by atoms with van der Waals surface area (Å²) < 4.78 is 13.5. The van der Waals surface area contributed by atoms with Crippen molar-refractivity contribution in [3.8, 4) is 0 Å². The minimum atomic E-state index is -0.611. The highest BCUT2D eigenvalue weighted by atomic mass is 35.5. The standard InChI is InChI=1S/C17H17ClFNO3/c18-13-5-1-9(8-14(13)19)7-12-11(4-6-15(12)21)16(22)17(23)20-10-2-3-10/h1,5,8,10-12H,2-4,6-7H2,(H,20,23). The molecule has 2 aliphatic rings. The fourth-order valence-corrected chi connectivity index (χ4v) is 3.17. The molecule has 0 aromatic heterocycles. The molecule has 0 radical (unpaired) electrons. The smallest absolute Gasteiger partial charge is 0.287 e. The van der Waals surface area contributed by atoms with E-state index >= 15 is 0 Å². The molecule has 3 rings (SSSR count). The van der Waals surface area contributed by atoms with Crippen LogP contribution in [0.15, 0.2) is 18.2 Å². The molecule has 0 saturated heterocycles. The third kappa shape index (κ3) is 3.61. The first kappa shape index (κ1) is 16.1. The van der Waals surface area contributed by atoms with E-state index in [1.54, 1.807) is 6.07 Å². The SMILES string of the molecule is O=C(NC1CC1)C(=O)C1CCC(=O)C1Cc1ccc(Cl)c(F)c1. The van der Waals surface area contributed by atoms with E-state index in [0.29, 0.717) is 12.0 Å². The molecule has 2 saturated carbocycles. The Morgan fingerprint density at radius 1 is 1.26 bits per heavy atom. The van der Waals surface area contributed by atoms with E-state index in [1.165, 1.54) is 12.1 Å². The zero-order valence-electron chi connectivity index (χ0n) is 12.5. The lowest BCUT2D eigenvalue weighted by molar-refractivity contribution is -0.141. The van der Waals surface area contributed by atoms with Crippen molar-refractivity contribution in [3.63, 3.8) is 0 Å². The minimum absolute atomic E-state index is 0.0166. The summed E-state index contributed by atoms with van der Waals surface area (Å²) in [5, 5.41) is 2.69. The van der Waals surface area contributed by atoms with Crippen LogP contribution in [0.3, 0.4) is 0 Å². The van der Waals surface area contributed by atoms with Gasteiger partial charge in [0.15, 0.2) is 0 Å². The molecule has 1 N–H and O–H groups in total. The Labute approximate surface area is 138 Å². The lowest BCUT2D eigenvalue weighted by Crippen LogP contribution is -2.38. The number of carbonyl (C=O) groups excluding carboxylic acids is 3. The van der Waals surface area contributed by atoms with Gasteiger partial charge in [-0.15, -0.1) is 0 Å². The van der Waals surface area contributed by atoms with Crippen LogP contribution in [0, 0.1) is 17.7 Å². The van der Waals surface area contributed by atoms with Crippen molar-refractivity contribution in [1.29, 1.82) is 0 Å². The molecule has 6 heteroatoms. The molecular formula is C17H17ClFNO3. The lowest BCUT2D eigenvalue weighted by Gasteiger charge is -2.17. The van der Waals surface area contributed by atoms with Gasteiger partial charge in [0.2, 0.25) is 5.78 Å². The van der Waals surface area contributed by atoms with E-state index in [4.69, 9.17) is 11.6 Å². The van der Waals surface area contributed by atoms with Crippen LogP contribution in [0.5, 0.6) is 0 Å². The molecule has 23 heavy (non-hydrogen) atoms. The van der Waals surface area contributed by atoms with Crippen LogP contribution in [-0.4, -0.2) is 23.5 Å². The average molecular weight is 338 g/mol. The van der Waals surface area contributed by atoms with Crippen LogP contribution < -0.4 is 5.32 Å². The third-order valence-corrected chi connectivity index (χ3v) is 4.82. The summed E-state index contributed by atoms with van der Waals surface area (Å²) in [5.74, 6) is -2.89. The van der Waals surface area contributed by atoms with E-state index in [2.05, 4.69) is 5.32 Å². The fourth-order valence-electron chi connectivity index (χ4n) is 3.05. The summed E-state index contributed by atoms with van der Waals surface area (Å²) in [7, 11) is 0. The quantitative estimate of drug-likeness (QED) is 0.839. The molecule has 1 amide bonds. The number of carbonyl (C=O) groups is 3. The molecule has 2 fully saturated rings. The average Bonchev–Trinajstić information content (AvgIpc) is 3.26. The van der Waals surface area contributed by atoms with Gasteiger partial charge >= 0.3 is 0 Å². The van der Waals surface area contributed by atoms with Gasteiger partial charge in [0, 0.05) is 24.3 Å². The molecule has 0 bridgehead atoms. The van der Waals surface area contributed by atoms with Crippen LogP contribution in [-0.2, 0) is 20.8 Å². The zero-order chi connectivity index (χ0) is 16.6. The maximum absolute atomic E-state index is 13.5. The van der Waals surface area contributed by atoms with Crippen molar-refractivity contribution in [2.24, 2.45) is 11.8 Å². The summed E-state index contributed by atoms with van der Waals surface area (Å²) in [6.07, 6.45) is 2.72. The van der Waals surface area contributed by atoms with Crippen molar-refractivity contribution in [2.75, 3.05) is 0 Å². The number of nitrogens with one attached hydrogen (secondary N) is 1. The van der Waals surface area contributed by atoms with Crippen LogP contribution in [0.25, 0.3) is 0 Å². The van der Waals surface area contributed by atoms with Crippen molar-refractivity contribution >= 4 is 29.1 Å². The largest absolute Gasteiger partial charge is 0.347 e. The Morgan fingerprint density at radius 2 is 2.00 bits per heavy atom. The van der Waals surface area contributed by atoms with Gasteiger partial charge in [-0.25, -0.2) is 4.39 Å². The number of Topliss-reactive ketones (excluding diaryl/α,β-unsaturated/α-hetero) is 2. The van der Waals surface area contributed by atoms with Gasteiger partial charge in [0.05, 0.1) is 5.02 Å². The second-order valence-electron chi connectivity index (χ2n) is 6.28. The van der Waals surface area contributed by atoms with Gasteiger partial charge in [-0.1, -0.05) is 17.7 Å². The molecule has 2 aliphatic carbocycles. The Balaban J connectivity index is 1.72. The maximum Gasteiger partial charge on any atom is 0.287 e. The first-order chi connectivity index (χ1) is 11.0. The van der Waals surface area contributed by atoms with Crippen LogP contribution in [0.4, 0.5) is 4.39 Å². The predicted molar refractivity (Wildman–Crippen MR) is 82.5 cm³/mol. The Morgan fingerprint density at radius 3 is 2.65 bits per heavy atom. The number of hydrogen-bond acceptors (Lipinski definition) is 3. The summed E-state index contributed by atoms with van der Waals surface area (Å²) >= 11 is 5.65. The second-order valence-corrected chi connectivity index (χ2v) is 6.69. The second kappa shape index (κ2) is 6.40. The van der Waals surface area contributed by atoms with Gasteiger partial charge in [-0.2, -0.15) is 0 Å². The molecular weight excluding hydrogens is 321 g/mol. The Bertz CT molecular complexity index is 672. The third-order valence-electron chi connectivity index (χ3n) is 4.51. The molecule has 1 aromatic carbocycles. The molecule has 4 nitrogen and oxygen atoms in total. The van der Waals surface area contributed by atoms with E-state index < -0.39 is 29.3 Å². The molecule has 122 valence electrons. The van der Waals surface area contributed by atoms with Crippen LogP contribution in [0.2, 0.25) is 5.02 Å². The van der Waals surface area contributed by atoms with Gasteiger partial charge in [-0.3, -0.25) is 14.4 Å². The number of rotatable bonds is 5. The summed E-state index contributed by atoms with van der Waals surface area (Å²) in [5.41, 5.74) is 0.604. The summed E-state index contributed by atoms with van der Waals surface area (Å²) in [6.45, 7) is 0. The highest BCUT2D eigenvalue weighted by Crippen LogP contribution is 2.33. The first-order valence-electron chi connectivity index (χ1n) is 7.77. The number of ketones is 2. The molecule has 1 aromatic rings. The van der Waals surface area contributed by atoms with Gasteiger partial charge in [0.25, 0.3) is 5.91 Å². The van der Waals surface area contributed by atoms with Gasteiger partial charge in [0.1, 0.15) is 11.6 Å². The monoisotopic (exact) mass is 337 g/mol. The highest BCUT2D eigenvalue weighted by molar-refractivity contribution is 6.37. The first-order valence-corrected chi connectivity index (χ1v) is 8.15. The van der Waals surface area contributed by atoms with Crippen molar-refractivity contribution in [1.82, 2.24) is 5.32 Å². The molecule has 0 spiro atoms. The lowest BCUT2D eigenvalue weighted by atomic mass is 9.86. The van der Waals surface area contributed by atoms with Gasteiger partial charge < -0.3 is 5.32 Å². The Hall–Kier alpha value is -1.75. The number of halogens is 2. The molecule has 2 atom stereocenters. The number of benzene rings is 1. The van der Waals surface area contributed by atoms with Crippen LogP contribution >= 0.6 is 11.6 Å². The maximum atomic E-state index is 13.5. The summed E-state index contributed by atoms with van der Waals surface area (Å²) in [6, 6.07) is 4.46. The Kier molecular flexibility index (Phi) is 4.48. The van der Waals surface area contributed by atoms with Crippen molar-refractivity contribution in [3.05, 3.63) is 34.6 Å². The predicted octanol–water partition coefficient (Wildman–Crippen LogP) is 2.46. The zero-order valence-corrected chi connectivity index (χ0v) is 13.2. The highest BCUT2D eigenvalue weighted by Gasteiger charge is 2.42. The van der Waals surface area contributed by atoms with Crippen molar-refractivity contribution < 1.29 is 18.8 Å². The molecule has 0 heterocycles.